The Labute approximate surface area is 153 Å². The van der Waals surface area contributed by atoms with E-state index >= 15 is 0 Å². The number of carbonyl (C=O) groups is 1. The molecule has 0 saturated carbocycles. The van der Waals surface area contributed by atoms with Crippen LogP contribution in [0, 0.1) is 6.92 Å². The highest BCUT2D eigenvalue weighted by atomic mass is 35.5. The zero-order valence-electron chi connectivity index (χ0n) is 14.6. The number of nitrogens with one attached hydrogen (secondary N) is 1. The van der Waals surface area contributed by atoms with Gasteiger partial charge in [0.1, 0.15) is 0 Å². The lowest BCUT2D eigenvalue weighted by molar-refractivity contribution is -0.111. The van der Waals surface area contributed by atoms with E-state index in [0.29, 0.717) is 35.4 Å². The second kappa shape index (κ2) is 9.14. The molecule has 0 fully saturated rings. The van der Waals surface area contributed by atoms with Gasteiger partial charge in [-0.1, -0.05) is 23.7 Å². The van der Waals surface area contributed by atoms with Gasteiger partial charge < -0.3 is 14.8 Å². The normalized spacial score (nSPS) is 10.7. The van der Waals surface area contributed by atoms with Gasteiger partial charge in [0.15, 0.2) is 11.5 Å². The lowest BCUT2D eigenvalue weighted by Gasteiger charge is -2.11. The smallest absolute Gasteiger partial charge is 0.248 e. The average Bonchev–Trinajstić information content (AvgIpc) is 2.59. The molecule has 0 aromatic heterocycles. The molecule has 0 unspecified atom stereocenters. The second-order valence-corrected chi connectivity index (χ2v) is 5.77. The van der Waals surface area contributed by atoms with E-state index in [9.17, 15) is 4.79 Å². The second-order valence-electron chi connectivity index (χ2n) is 5.36. The minimum Gasteiger partial charge on any atom is -0.490 e. The van der Waals surface area contributed by atoms with Crippen molar-refractivity contribution in [2.24, 2.45) is 0 Å². The minimum absolute atomic E-state index is 0.230. The van der Waals surface area contributed by atoms with Crippen molar-refractivity contribution in [2.75, 3.05) is 18.5 Å². The summed E-state index contributed by atoms with van der Waals surface area (Å²) in [5.41, 5.74) is 2.48. The number of rotatable bonds is 7. The third kappa shape index (κ3) is 5.54. The Balaban J connectivity index is 2.08. The minimum atomic E-state index is -0.230. The van der Waals surface area contributed by atoms with Gasteiger partial charge in [0.05, 0.1) is 13.2 Å². The van der Waals surface area contributed by atoms with Crippen molar-refractivity contribution in [3.8, 4) is 11.5 Å². The number of hydrogen-bond donors (Lipinski definition) is 1. The van der Waals surface area contributed by atoms with Gasteiger partial charge in [-0.25, -0.2) is 0 Å². The highest BCUT2D eigenvalue weighted by Gasteiger charge is 2.05. The molecule has 0 heterocycles. The zero-order valence-corrected chi connectivity index (χ0v) is 15.4. The third-order valence-electron chi connectivity index (χ3n) is 3.43. The highest BCUT2D eigenvalue weighted by Crippen LogP contribution is 2.29. The Bertz CT molecular complexity index is 772. The summed E-state index contributed by atoms with van der Waals surface area (Å²) in [6.45, 7) is 6.86. The maximum Gasteiger partial charge on any atom is 0.248 e. The largest absolute Gasteiger partial charge is 0.490 e. The number of anilines is 1. The summed E-state index contributed by atoms with van der Waals surface area (Å²) in [5.74, 6) is 1.13. The summed E-state index contributed by atoms with van der Waals surface area (Å²) in [6, 6.07) is 11.0. The van der Waals surface area contributed by atoms with E-state index < -0.39 is 0 Å². The molecular weight excluding hydrogens is 338 g/mol. The fourth-order valence-electron chi connectivity index (χ4n) is 2.20. The first kappa shape index (κ1) is 18.9. The van der Waals surface area contributed by atoms with E-state index in [1.807, 2.05) is 51.1 Å². The lowest BCUT2D eigenvalue weighted by atomic mass is 10.2. The van der Waals surface area contributed by atoms with E-state index in [0.717, 1.165) is 11.1 Å². The number of benzene rings is 2. The molecule has 0 bridgehead atoms. The molecule has 5 heteroatoms. The van der Waals surface area contributed by atoms with E-state index in [1.54, 1.807) is 12.1 Å². The standard InChI is InChI=1S/C20H22ClNO3/c1-4-24-18-10-7-15(12-19(18)25-5-2)8-11-20(23)22-16-9-6-14(3)17(21)13-16/h6-13H,4-5H2,1-3H3,(H,22,23)/b11-8+. The molecule has 0 aliphatic carbocycles. The average molecular weight is 360 g/mol. The third-order valence-corrected chi connectivity index (χ3v) is 3.84. The molecule has 0 atom stereocenters. The van der Waals surface area contributed by atoms with Gasteiger partial charge in [0, 0.05) is 16.8 Å². The predicted molar refractivity (Wildman–Crippen MR) is 103 cm³/mol. The Hall–Kier alpha value is -2.46. The monoisotopic (exact) mass is 359 g/mol. The van der Waals surface area contributed by atoms with Gasteiger partial charge in [-0.15, -0.1) is 0 Å². The van der Waals surface area contributed by atoms with Gasteiger partial charge >= 0.3 is 0 Å². The van der Waals surface area contributed by atoms with Gasteiger partial charge in [0.2, 0.25) is 5.91 Å². The first-order valence-corrected chi connectivity index (χ1v) is 8.56. The summed E-state index contributed by atoms with van der Waals surface area (Å²) in [6.07, 6.45) is 3.20. The first-order valence-electron chi connectivity index (χ1n) is 8.18. The SMILES string of the molecule is CCOc1ccc(/C=C/C(=O)Nc2ccc(C)c(Cl)c2)cc1OCC. The molecule has 0 aliphatic rings. The predicted octanol–water partition coefficient (Wildman–Crippen LogP) is 5.10. The molecule has 0 spiro atoms. The summed E-state index contributed by atoms with van der Waals surface area (Å²) in [7, 11) is 0. The lowest BCUT2D eigenvalue weighted by Crippen LogP contribution is -2.07. The number of halogens is 1. The fraction of sp³-hybridized carbons (Fsp3) is 0.250. The van der Waals surface area contributed by atoms with Gasteiger partial charge in [0.25, 0.3) is 0 Å². The van der Waals surface area contributed by atoms with Crippen LogP contribution in [0.15, 0.2) is 42.5 Å². The van der Waals surface area contributed by atoms with Crippen LogP contribution in [0.2, 0.25) is 5.02 Å². The highest BCUT2D eigenvalue weighted by molar-refractivity contribution is 6.31. The van der Waals surface area contributed by atoms with Crippen LogP contribution >= 0.6 is 11.6 Å². The number of aryl methyl sites for hydroxylation is 1. The topological polar surface area (TPSA) is 47.6 Å². The molecule has 132 valence electrons. The molecule has 2 rings (SSSR count). The zero-order chi connectivity index (χ0) is 18.2. The van der Waals surface area contributed by atoms with Gasteiger partial charge in [-0.3, -0.25) is 4.79 Å². The van der Waals surface area contributed by atoms with Crippen molar-refractivity contribution < 1.29 is 14.3 Å². The molecular formula is C20H22ClNO3. The van der Waals surface area contributed by atoms with Crippen molar-refractivity contribution in [3.05, 3.63) is 58.6 Å². The van der Waals surface area contributed by atoms with Crippen LogP contribution in [-0.2, 0) is 4.79 Å². The van der Waals surface area contributed by atoms with Crippen LogP contribution in [0.1, 0.15) is 25.0 Å². The Morgan fingerprint density at radius 3 is 2.48 bits per heavy atom. The first-order chi connectivity index (χ1) is 12.0. The molecule has 4 nitrogen and oxygen atoms in total. The van der Waals surface area contributed by atoms with Crippen LogP contribution in [-0.4, -0.2) is 19.1 Å². The fourth-order valence-corrected chi connectivity index (χ4v) is 2.38. The Morgan fingerprint density at radius 1 is 1.08 bits per heavy atom. The molecule has 1 amide bonds. The van der Waals surface area contributed by atoms with E-state index in [4.69, 9.17) is 21.1 Å². The van der Waals surface area contributed by atoms with Crippen LogP contribution < -0.4 is 14.8 Å². The number of hydrogen-bond acceptors (Lipinski definition) is 3. The molecule has 0 aliphatic heterocycles. The van der Waals surface area contributed by atoms with E-state index in [2.05, 4.69) is 5.32 Å². The number of ether oxygens (including phenoxy) is 2. The maximum atomic E-state index is 12.1. The molecule has 2 aromatic rings. The van der Waals surface area contributed by atoms with E-state index in [1.165, 1.54) is 6.08 Å². The summed E-state index contributed by atoms with van der Waals surface area (Å²) >= 11 is 6.06. The molecule has 25 heavy (non-hydrogen) atoms. The number of amides is 1. The van der Waals surface area contributed by atoms with Crippen molar-refractivity contribution >= 4 is 29.3 Å². The summed E-state index contributed by atoms with van der Waals surface area (Å²) in [5, 5.41) is 3.41. The van der Waals surface area contributed by atoms with E-state index in [-0.39, 0.29) is 5.91 Å². The van der Waals surface area contributed by atoms with Crippen LogP contribution in [0.25, 0.3) is 6.08 Å². The van der Waals surface area contributed by atoms with Crippen molar-refractivity contribution in [1.29, 1.82) is 0 Å². The Morgan fingerprint density at radius 2 is 1.80 bits per heavy atom. The quantitative estimate of drug-likeness (QED) is 0.700. The van der Waals surface area contributed by atoms with Crippen molar-refractivity contribution in [2.45, 2.75) is 20.8 Å². The summed E-state index contributed by atoms with van der Waals surface area (Å²) in [4.78, 5) is 12.1. The Kier molecular flexibility index (Phi) is 6.90. The maximum absolute atomic E-state index is 12.1. The molecule has 1 N–H and O–H groups in total. The van der Waals surface area contributed by atoms with Crippen LogP contribution in [0.4, 0.5) is 5.69 Å². The molecule has 0 radical (unpaired) electrons. The van der Waals surface area contributed by atoms with Gasteiger partial charge in [-0.05, 0) is 62.2 Å². The van der Waals surface area contributed by atoms with Gasteiger partial charge in [-0.2, -0.15) is 0 Å². The molecule has 2 aromatic carbocycles. The van der Waals surface area contributed by atoms with Crippen molar-refractivity contribution in [3.63, 3.8) is 0 Å². The number of carbonyl (C=O) groups excluding carboxylic acids is 1. The van der Waals surface area contributed by atoms with Crippen molar-refractivity contribution in [1.82, 2.24) is 0 Å². The van der Waals surface area contributed by atoms with Crippen LogP contribution in [0.5, 0.6) is 11.5 Å². The molecule has 0 saturated heterocycles. The van der Waals surface area contributed by atoms with Crippen LogP contribution in [0.3, 0.4) is 0 Å². The summed E-state index contributed by atoms with van der Waals surface area (Å²) < 4.78 is 11.1.